The van der Waals surface area contributed by atoms with E-state index in [0.717, 1.165) is 27.9 Å². The number of aromatic nitrogens is 2. The van der Waals surface area contributed by atoms with Crippen LogP contribution in [0.2, 0.25) is 0 Å². The summed E-state index contributed by atoms with van der Waals surface area (Å²) in [5.74, 6) is 0.648. The summed E-state index contributed by atoms with van der Waals surface area (Å²) in [5, 5.41) is 1.05. The molecule has 3 rings (SSSR count). The lowest BCUT2D eigenvalue weighted by Crippen LogP contribution is -2.04. The van der Waals surface area contributed by atoms with E-state index in [-0.39, 0.29) is 0 Å². The average molecular weight is 239 g/mol. The van der Waals surface area contributed by atoms with E-state index >= 15 is 0 Å². The number of para-hydroxylation sites is 1. The third-order valence-corrected chi connectivity index (χ3v) is 2.84. The van der Waals surface area contributed by atoms with E-state index in [1.165, 1.54) is 0 Å². The maximum Gasteiger partial charge on any atom is 0.142 e. The Balaban J connectivity index is 2.22. The summed E-state index contributed by atoms with van der Waals surface area (Å²) in [6.07, 6.45) is 1.73. The fourth-order valence-electron chi connectivity index (χ4n) is 2.04. The van der Waals surface area contributed by atoms with Crippen molar-refractivity contribution < 1.29 is 4.42 Å². The zero-order chi connectivity index (χ0) is 12.5. The highest BCUT2D eigenvalue weighted by Gasteiger charge is 2.10. The van der Waals surface area contributed by atoms with Gasteiger partial charge in [-0.1, -0.05) is 18.2 Å². The third-order valence-electron chi connectivity index (χ3n) is 2.84. The predicted molar refractivity (Wildman–Crippen MR) is 69.9 cm³/mol. The summed E-state index contributed by atoms with van der Waals surface area (Å²) >= 11 is 0. The molecule has 18 heavy (non-hydrogen) atoms. The fourth-order valence-corrected chi connectivity index (χ4v) is 2.04. The van der Waals surface area contributed by atoms with E-state index in [1.807, 2.05) is 37.3 Å². The molecule has 4 heteroatoms. The van der Waals surface area contributed by atoms with Crippen molar-refractivity contribution in [2.45, 2.75) is 13.5 Å². The van der Waals surface area contributed by atoms with Crippen LogP contribution in [0, 0.1) is 6.92 Å². The number of hydrogen-bond donors (Lipinski definition) is 1. The van der Waals surface area contributed by atoms with Crippen molar-refractivity contribution in [2.75, 3.05) is 0 Å². The summed E-state index contributed by atoms with van der Waals surface area (Å²) in [6.45, 7) is 2.27. The van der Waals surface area contributed by atoms with Gasteiger partial charge in [0.15, 0.2) is 0 Å². The number of hydrogen-bond acceptors (Lipinski definition) is 4. The zero-order valence-corrected chi connectivity index (χ0v) is 10.1. The smallest absolute Gasteiger partial charge is 0.142 e. The summed E-state index contributed by atoms with van der Waals surface area (Å²) in [6, 6.07) is 9.84. The molecule has 90 valence electrons. The van der Waals surface area contributed by atoms with Gasteiger partial charge in [0.1, 0.15) is 17.7 Å². The first kappa shape index (κ1) is 10.9. The van der Waals surface area contributed by atoms with Crippen LogP contribution >= 0.6 is 0 Å². The van der Waals surface area contributed by atoms with Gasteiger partial charge in [0.25, 0.3) is 0 Å². The van der Waals surface area contributed by atoms with Gasteiger partial charge in [-0.05, 0) is 19.1 Å². The van der Waals surface area contributed by atoms with Gasteiger partial charge < -0.3 is 10.2 Å². The van der Waals surface area contributed by atoms with Gasteiger partial charge in [0, 0.05) is 16.6 Å². The van der Waals surface area contributed by atoms with Gasteiger partial charge in [0.05, 0.1) is 12.2 Å². The largest absolute Gasteiger partial charge is 0.464 e. The maximum absolute atomic E-state index is 5.61. The second kappa shape index (κ2) is 4.23. The van der Waals surface area contributed by atoms with Crippen LogP contribution in [0.4, 0.5) is 0 Å². The minimum atomic E-state index is 0.338. The topological polar surface area (TPSA) is 64.9 Å². The number of nitrogens with zero attached hydrogens (tertiary/aromatic N) is 2. The fraction of sp³-hybridized carbons (Fsp3) is 0.143. The predicted octanol–water partition coefficient (Wildman–Crippen LogP) is 2.66. The standard InChI is InChI=1S/C14H13N3O/c1-9-6-12(17-14(7-15)16-9)11-8-18-13-5-3-2-4-10(11)13/h2-6,8H,7,15H2,1H3. The zero-order valence-electron chi connectivity index (χ0n) is 10.1. The molecule has 0 spiro atoms. The molecule has 0 unspecified atom stereocenters. The number of rotatable bonds is 2. The van der Waals surface area contributed by atoms with Crippen molar-refractivity contribution in [1.82, 2.24) is 9.97 Å². The average Bonchev–Trinajstić information content (AvgIpc) is 2.81. The number of benzene rings is 1. The molecular weight excluding hydrogens is 226 g/mol. The van der Waals surface area contributed by atoms with Crippen LogP contribution in [-0.2, 0) is 6.54 Å². The second-order valence-electron chi connectivity index (χ2n) is 4.16. The van der Waals surface area contributed by atoms with Crippen molar-refractivity contribution in [3.63, 3.8) is 0 Å². The molecule has 2 aromatic heterocycles. The number of nitrogens with two attached hydrogens (primary N) is 1. The summed E-state index contributed by atoms with van der Waals surface area (Å²) < 4.78 is 5.53. The minimum absolute atomic E-state index is 0.338. The molecule has 3 aromatic rings. The van der Waals surface area contributed by atoms with Gasteiger partial charge >= 0.3 is 0 Å². The Morgan fingerprint density at radius 3 is 2.89 bits per heavy atom. The van der Waals surface area contributed by atoms with E-state index < -0.39 is 0 Å². The quantitative estimate of drug-likeness (QED) is 0.746. The number of furan rings is 1. The molecule has 4 nitrogen and oxygen atoms in total. The highest BCUT2D eigenvalue weighted by atomic mass is 16.3. The maximum atomic E-state index is 5.61. The number of fused-ring (bicyclic) bond motifs is 1. The molecule has 0 atom stereocenters. The van der Waals surface area contributed by atoms with Gasteiger partial charge in [0.2, 0.25) is 0 Å². The molecular formula is C14H13N3O. The Kier molecular flexibility index (Phi) is 2.57. The van der Waals surface area contributed by atoms with E-state index in [2.05, 4.69) is 9.97 Å². The van der Waals surface area contributed by atoms with Crippen LogP contribution in [-0.4, -0.2) is 9.97 Å². The molecule has 2 heterocycles. The van der Waals surface area contributed by atoms with Crippen molar-refractivity contribution in [3.05, 3.63) is 48.1 Å². The van der Waals surface area contributed by atoms with Gasteiger partial charge in [-0.25, -0.2) is 9.97 Å². The highest BCUT2D eigenvalue weighted by molar-refractivity contribution is 5.92. The highest BCUT2D eigenvalue weighted by Crippen LogP contribution is 2.29. The Labute approximate surface area is 104 Å². The molecule has 2 N–H and O–H groups in total. The first-order valence-corrected chi connectivity index (χ1v) is 5.79. The van der Waals surface area contributed by atoms with Crippen molar-refractivity contribution in [3.8, 4) is 11.3 Å². The Hall–Kier alpha value is -2.20. The monoisotopic (exact) mass is 239 g/mol. The van der Waals surface area contributed by atoms with Crippen LogP contribution in [0.5, 0.6) is 0 Å². The Morgan fingerprint density at radius 1 is 1.22 bits per heavy atom. The molecule has 0 saturated heterocycles. The van der Waals surface area contributed by atoms with Crippen molar-refractivity contribution in [2.24, 2.45) is 5.73 Å². The SMILES string of the molecule is Cc1cc(-c2coc3ccccc23)nc(CN)n1. The third kappa shape index (κ3) is 1.76. The van der Waals surface area contributed by atoms with Crippen molar-refractivity contribution in [1.29, 1.82) is 0 Å². The van der Waals surface area contributed by atoms with Crippen LogP contribution in [0.25, 0.3) is 22.2 Å². The van der Waals surface area contributed by atoms with E-state index in [9.17, 15) is 0 Å². The molecule has 0 aliphatic rings. The van der Waals surface area contributed by atoms with E-state index in [1.54, 1.807) is 6.26 Å². The van der Waals surface area contributed by atoms with E-state index in [0.29, 0.717) is 12.4 Å². The molecule has 1 aromatic carbocycles. The lowest BCUT2D eigenvalue weighted by atomic mass is 10.1. The Bertz CT molecular complexity index is 703. The molecule has 0 saturated carbocycles. The lowest BCUT2D eigenvalue weighted by Gasteiger charge is -2.03. The summed E-state index contributed by atoms with van der Waals surface area (Å²) in [4.78, 5) is 8.72. The van der Waals surface area contributed by atoms with Crippen LogP contribution in [0.1, 0.15) is 11.5 Å². The lowest BCUT2D eigenvalue weighted by molar-refractivity contribution is 0.616. The molecule has 0 bridgehead atoms. The first-order valence-electron chi connectivity index (χ1n) is 5.79. The van der Waals surface area contributed by atoms with Crippen LogP contribution < -0.4 is 5.73 Å². The van der Waals surface area contributed by atoms with Gasteiger partial charge in [-0.2, -0.15) is 0 Å². The number of aryl methyl sites for hydroxylation is 1. The van der Waals surface area contributed by atoms with Crippen molar-refractivity contribution >= 4 is 11.0 Å². The molecule has 0 aliphatic heterocycles. The molecule has 0 amide bonds. The normalized spacial score (nSPS) is 11.0. The van der Waals surface area contributed by atoms with Crippen LogP contribution in [0.15, 0.2) is 41.0 Å². The molecule has 0 aliphatic carbocycles. The molecule has 0 radical (unpaired) electrons. The van der Waals surface area contributed by atoms with Crippen LogP contribution in [0.3, 0.4) is 0 Å². The second-order valence-corrected chi connectivity index (χ2v) is 4.16. The van der Waals surface area contributed by atoms with Gasteiger partial charge in [-0.15, -0.1) is 0 Å². The summed E-state index contributed by atoms with van der Waals surface area (Å²) in [5.41, 5.74) is 9.20. The van der Waals surface area contributed by atoms with Gasteiger partial charge in [-0.3, -0.25) is 0 Å². The van der Waals surface area contributed by atoms with E-state index in [4.69, 9.17) is 10.2 Å². The summed E-state index contributed by atoms with van der Waals surface area (Å²) in [7, 11) is 0. The molecule has 0 fully saturated rings. The first-order chi connectivity index (χ1) is 8.78. The minimum Gasteiger partial charge on any atom is -0.464 e. The Morgan fingerprint density at radius 2 is 2.06 bits per heavy atom.